The van der Waals surface area contributed by atoms with Crippen molar-refractivity contribution in [3.63, 3.8) is 0 Å². The molecule has 0 aliphatic heterocycles. The molecular weight excluding hydrogens is 242 g/mol. The molecule has 0 aromatic carbocycles. The number of hydrogen-bond acceptors (Lipinski definition) is 4. The lowest BCUT2D eigenvalue weighted by Crippen LogP contribution is -2.14. The first-order chi connectivity index (χ1) is 7.51. The summed E-state index contributed by atoms with van der Waals surface area (Å²) in [4.78, 5) is 0. The van der Waals surface area contributed by atoms with Crippen molar-refractivity contribution in [1.82, 2.24) is 0 Å². The minimum atomic E-state index is -3.82. The van der Waals surface area contributed by atoms with Crippen LogP contribution >= 0.6 is 0 Å². The van der Waals surface area contributed by atoms with Gasteiger partial charge in [-0.05, 0) is 18.8 Å². The van der Waals surface area contributed by atoms with E-state index in [4.69, 9.17) is 9.76 Å². The highest BCUT2D eigenvalue weighted by Gasteiger charge is 2.09. The summed E-state index contributed by atoms with van der Waals surface area (Å²) in [6.45, 7) is 12.9. The summed E-state index contributed by atoms with van der Waals surface area (Å²) in [5.74, 6) is 0.373. The third kappa shape index (κ3) is 13.1. The van der Waals surface area contributed by atoms with Gasteiger partial charge >= 0.3 is 0 Å². The Hall–Kier alpha value is -0.880. The number of rotatable bonds is 4. The smallest absolute Gasteiger partial charge is 0.268 e. The third-order valence-electron chi connectivity index (χ3n) is 1.73. The Labute approximate surface area is 104 Å². The molecule has 0 fully saturated rings. The topological polar surface area (TPSA) is 87.0 Å². The average molecular weight is 265 g/mol. The van der Waals surface area contributed by atoms with Crippen LogP contribution in [0.5, 0.6) is 0 Å². The molecule has 102 valence electrons. The summed E-state index contributed by atoms with van der Waals surface area (Å²) in [7, 11) is -3.82. The van der Waals surface area contributed by atoms with Crippen LogP contribution in [-0.4, -0.2) is 29.6 Å². The highest BCUT2D eigenvalue weighted by Crippen LogP contribution is 2.06. The molecule has 2 N–H and O–H groups in total. The van der Waals surface area contributed by atoms with Crippen LogP contribution in [0.2, 0.25) is 0 Å². The van der Waals surface area contributed by atoms with Crippen LogP contribution in [0.25, 0.3) is 0 Å². The summed E-state index contributed by atoms with van der Waals surface area (Å²) >= 11 is 0. The molecule has 0 aromatic rings. The third-order valence-corrected chi connectivity index (χ3v) is 2.58. The quantitative estimate of drug-likeness (QED) is 0.269. The van der Waals surface area contributed by atoms with Crippen molar-refractivity contribution in [2.24, 2.45) is 17.0 Å². The first-order valence-electron chi connectivity index (χ1n) is 5.32. The van der Waals surface area contributed by atoms with E-state index in [2.05, 4.69) is 11.7 Å². The lowest BCUT2D eigenvalue weighted by Gasteiger charge is -2.09. The maximum Gasteiger partial charge on any atom is 0.268 e. The highest BCUT2D eigenvalue weighted by atomic mass is 32.2. The van der Waals surface area contributed by atoms with Crippen LogP contribution in [0.3, 0.4) is 0 Å². The van der Waals surface area contributed by atoms with Crippen LogP contribution in [0.15, 0.2) is 17.3 Å². The molecule has 0 spiro atoms. The molecule has 17 heavy (non-hydrogen) atoms. The Morgan fingerprint density at radius 2 is 1.59 bits per heavy atom. The van der Waals surface area contributed by atoms with Crippen molar-refractivity contribution in [3.05, 3.63) is 12.2 Å². The van der Waals surface area contributed by atoms with Gasteiger partial charge in [0, 0.05) is 0 Å². The second-order valence-corrected chi connectivity index (χ2v) is 5.97. The van der Waals surface area contributed by atoms with Gasteiger partial charge in [0.1, 0.15) is 0 Å². The lowest BCUT2D eigenvalue weighted by molar-refractivity contribution is 0.312. The van der Waals surface area contributed by atoms with Gasteiger partial charge in [-0.15, -0.1) is 0 Å². The minimum absolute atomic E-state index is 0.340. The minimum Gasteiger partial charge on any atom is -0.411 e. The van der Waals surface area contributed by atoms with E-state index in [-0.39, 0.29) is 5.75 Å². The largest absolute Gasteiger partial charge is 0.411 e. The van der Waals surface area contributed by atoms with Gasteiger partial charge in [-0.3, -0.25) is 4.55 Å². The average Bonchev–Trinajstić information content (AvgIpc) is 1.98. The fourth-order valence-electron chi connectivity index (χ4n) is 1.21. The van der Waals surface area contributed by atoms with Crippen LogP contribution < -0.4 is 0 Å². The molecule has 0 aliphatic rings. The number of hydrogen-bond donors (Lipinski definition) is 2. The van der Waals surface area contributed by atoms with Crippen LogP contribution in [0.1, 0.15) is 34.6 Å². The summed E-state index contributed by atoms with van der Waals surface area (Å²) in [6, 6.07) is 0. The molecule has 6 heteroatoms. The predicted octanol–water partition coefficient (Wildman–Crippen LogP) is 2.58. The fourth-order valence-corrected chi connectivity index (χ4v) is 1.83. The molecule has 5 nitrogen and oxygen atoms in total. The monoisotopic (exact) mass is 265 g/mol. The molecular formula is C11H23NO4S. The lowest BCUT2D eigenvalue weighted by atomic mass is 9.98. The zero-order valence-corrected chi connectivity index (χ0v) is 12.0. The molecule has 0 saturated heterocycles. The second-order valence-electron chi connectivity index (χ2n) is 4.52. The summed E-state index contributed by atoms with van der Waals surface area (Å²) in [6.07, 6.45) is 0. The second kappa shape index (κ2) is 8.25. The van der Waals surface area contributed by atoms with Gasteiger partial charge in [-0.1, -0.05) is 45.0 Å². The van der Waals surface area contributed by atoms with Crippen LogP contribution in [0.4, 0.5) is 0 Å². The maximum atomic E-state index is 9.94. The molecule has 0 aliphatic carbocycles. The van der Waals surface area contributed by atoms with Crippen molar-refractivity contribution in [1.29, 1.82) is 0 Å². The first kappa shape index (κ1) is 18.5. The summed E-state index contributed by atoms with van der Waals surface area (Å²) < 4.78 is 28.0. The fraction of sp³-hybridized carbons (Fsp3) is 0.727. The van der Waals surface area contributed by atoms with E-state index < -0.39 is 10.1 Å². The normalized spacial score (nSPS) is 10.8. The molecule has 0 radical (unpaired) electrons. The van der Waals surface area contributed by atoms with Crippen LogP contribution in [-0.2, 0) is 10.1 Å². The zero-order valence-electron chi connectivity index (χ0n) is 11.1. The highest BCUT2D eigenvalue weighted by molar-refractivity contribution is 7.85. The molecule has 0 atom stereocenters. The summed E-state index contributed by atoms with van der Waals surface area (Å²) in [5.41, 5.74) is 1.31. The van der Waals surface area contributed by atoms with Gasteiger partial charge < -0.3 is 5.21 Å². The Balaban J connectivity index is 0. The van der Waals surface area contributed by atoms with Gasteiger partial charge in [0.05, 0.1) is 11.5 Å². The zero-order chi connectivity index (χ0) is 14.2. The number of nitrogens with zero attached hydrogens (tertiary/aromatic N) is 1. The van der Waals surface area contributed by atoms with Gasteiger partial charge in [0.15, 0.2) is 0 Å². The van der Waals surface area contributed by atoms with Crippen molar-refractivity contribution >= 4 is 15.8 Å². The van der Waals surface area contributed by atoms with Crippen LogP contribution in [0, 0.1) is 11.8 Å². The molecule has 0 amide bonds. The SMILES string of the molecule is C=C(C)CS(=O)(=O)O.CC(C)C(=NO)C(C)C. The Bertz CT molecular complexity index is 346. The molecule has 0 heterocycles. The van der Waals surface area contributed by atoms with Crippen molar-refractivity contribution in [3.8, 4) is 0 Å². The maximum absolute atomic E-state index is 9.94. The van der Waals surface area contributed by atoms with Gasteiger partial charge in [-0.25, -0.2) is 0 Å². The van der Waals surface area contributed by atoms with Crippen molar-refractivity contribution < 1.29 is 18.2 Å². The van der Waals surface area contributed by atoms with Gasteiger partial charge in [-0.2, -0.15) is 8.42 Å². The standard InChI is InChI=1S/C7H15NO.C4H8O3S/c1-5(2)7(8-9)6(3)4;1-4(2)3-8(5,6)7/h5-6,9H,1-4H3;1,3H2,2H3,(H,5,6,7). The van der Waals surface area contributed by atoms with Crippen molar-refractivity contribution in [2.75, 3.05) is 5.75 Å². The van der Waals surface area contributed by atoms with E-state index in [0.29, 0.717) is 17.4 Å². The Morgan fingerprint density at radius 3 is 1.59 bits per heavy atom. The predicted molar refractivity (Wildman–Crippen MR) is 70.1 cm³/mol. The van der Waals surface area contributed by atoms with E-state index in [9.17, 15) is 8.42 Å². The molecule has 0 saturated carbocycles. The van der Waals surface area contributed by atoms with Crippen molar-refractivity contribution in [2.45, 2.75) is 34.6 Å². The van der Waals surface area contributed by atoms with Gasteiger partial charge in [0.25, 0.3) is 10.1 Å². The Morgan fingerprint density at radius 1 is 1.24 bits per heavy atom. The van der Waals surface area contributed by atoms with E-state index in [1.54, 1.807) is 0 Å². The first-order valence-corrected chi connectivity index (χ1v) is 6.93. The molecule has 0 unspecified atom stereocenters. The molecule has 0 aromatic heterocycles. The summed E-state index contributed by atoms with van der Waals surface area (Å²) in [5, 5.41) is 11.7. The molecule has 0 bridgehead atoms. The Kier molecular flexibility index (Phi) is 8.97. The molecule has 0 rings (SSSR count). The van der Waals surface area contributed by atoms with E-state index in [1.807, 2.05) is 27.7 Å². The van der Waals surface area contributed by atoms with Gasteiger partial charge in [0.2, 0.25) is 0 Å². The van der Waals surface area contributed by atoms with E-state index in [0.717, 1.165) is 5.71 Å². The van der Waals surface area contributed by atoms with E-state index >= 15 is 0 Å². The number of oxime groups is 1. The van der Waals surface area contributed by atoms with E-state index in [1.165, 1.54) is 6.92 Å².